The predicted molar refractivity (Wildman–Crippen MR) is 288 cm³/mol. The van der Waals surface area contributed by atoms with Gasteiger partial charge in [-0.2, -0.15) is 0 Å². The number of hydrogen-bond donors (Lipinski definition) is 0. The van der Waals surface area contributed by atoms with Gasteiger partial charge in [0.05, 0.1) is 39.1 Å². The lowest BCUT2D eigenvalue weighted by molar-refractivity contribution is 0.483. The first-order chi connectivity index (χ1) is 33.6. The molecule has 69 heavy (non-hydrogen) atoms. The van der Waals surface area contributed by atoms with E-state index in [9.17, 15) is 0 Å². The molecule has 336 valence electrons. The van der Waals surface area contributed by atoms with Crippen LogP contribution in [0.4, 0.5) is 22.7 Å². The largest absolute Gasteiger partial charge is 0.457 e. The van der Waals surface area contributed by atoms with Crippen LogP contribution in [0.25, 0.3) is 66.6 Å². The van der Waals surface area contributed by atoms with E-state index in [0.717, 1.165) is 72.9 Å². The average molecular weight is 896 g/mol. The molecule has 0 N–H and O–H groups in total. The first-order valence-corrected chi connectivity index (χ1v) is 23.9. The van der Waals surface area contributed by atoms with E-state index >= 15 is 0 Å². The van der Waals surface area contributed by atoms with Crippen molar-refractivity contribution in [1.29, 1.82) is 0 Å². The molecular weight excluding hydrogens is 843 g/mol. The molecule has 12 rings (SSSR count). The third-order valence-electron chi connectivity index (χ3n) is 14.2. The summed E-state index contributed by atoms with van der Waals surface area (Å²) in [6.07, 6.45) is 1.94. The smallest absolute Gasteiger partial charge is 0.137 e. The second-order valence-electron chi connectivity index (χ2n) is 19.3. The van der Waals surface area contributed by atoms with Crippen molar-refractivity contribution in [2.45, 2.75) is 47.0 Å². The summed E-state index contributed by atoms with van der Waals surface area (Å²) in [6.45, 7) is 14.2. The highest BCUT2D eigenvalue weighted by atomic mass is 16.5. The third-order valence-corrected chi connectivity index (χ3v) is 14.2. The van der Waals surface area contributed by atoms with E-state index in [1.54, 1.807) is 0 Å². The highest BCUT2D eigenvalue weighted by Crippen LogP contribution is 2.53. The molecule has 8 aromatic carbocycles. The number of aromatic nitrogens is 3. The quantitative estimate of drug-likeness (QED) is 0.152. The Balaban J connectivity index is 0.983. The maximum atomic E-state index is 6.95. The molecular formula is C63H53N5O. The van der Waals surface area contributed by atoms with E-state index in [-0.39, 0.29) is 5.41 Å². The normalized spacial score (nSPS) is 12.7. The fourth-order valence-corrected chi connectivity index (χ4v) is 10.7. The number of ether oxygens (including phenoxy) is 1. The Labute approximate surface area is 403 Å². The van der Waals surface area contributed by atoms with Crippen LogP contribution in [0.3, 0.4) is 0 Å². The molecule has 1 aliphatic heterocycles. The van der Waals surface area contributed by atoms with Crippen molar-refractivity contribution in [3.63, 3.8) is 0 Å². The van der Waals surface area contributed by atoms with Crippen LogP contribution in [-0.4, -0.2) is 20.8 Å². The number of rotatable bonds is 8. The number of para-hydroxylation sites is 4. The van der Waals surface area contributed by atoms with Gasteiger partial charge in [-0.15, -0.1) is 0 Å². The van der Waals surface area contributed by atoms with Gasteiger partial charge in [0.15, 0.2) is 0 Å². The number of anilines is 4. The van der Waals surface area contributed by atoms with E-state index < -0.39 is 0 Å². The van der Waals surface area contributed by atoms with Crippen LogP contribution in [-0.2, 0) is 5.41 Å². The zero-order chi connectivity index (χ0) is 47.0. The van der Waals surface area contributed by atoms with Crippen molar-refractivity contribution in [3.8, 4) is 45.3 Å². The second-order valence-corrected chi connectivity index (χ2v) is 19.3. The summed E-state index contributed by atoms with van der Waals surface area (Å²) >= 11 is 0. The molecule has 11 aromatic rings. The number of hydrogen-bond acceptors (Lipinski definition) is 4. The summed E-state index contributed by atoms with van der Waals surface area (Å²) in [5, 5.41) is 2.28. The number of nitrogens with zero attached hydrogens (tertiary/aromatic N) is 5. The first kappa shape index (κ1) is 42.0. The van der Waals surface area contributed by atoms with Gasteiger partial charge in [-0.1, -0.05) is 136 Å². The molecule has 0 saturated heterocycles. The van der Waals surface area contributed by atoms with Gasteiger partial charge in [0, 0.05) is 51.6 Å². The summed E-state index contributed by atoms with van der Waals surface area (Å²) < 4.78 is 11.7. The van der Waals surface area contributed by atoms with Crippen molar-refractivity contribution in [1.82, 2.24) is 14.1 Å². The first-order valence-electron chi connectivity index (χ1n) is 23.9. The molecule has 6 heteroatoms. The fraction of sp³-hybridized carbons (Fsp3) is 0.127. The Hall–Kier alpha value is -8.35. The summed E-state index contributed by atoms with van der Waals surface area (Å²) in [6, 6.07) is 69.3. The molecule has 0 bridgehead atoms. The number of fused-ring (bicyclic) bond motifs is 6. The Morgan fingerprint density at radius 1 is 0.464 bits per heavy atom. The number of benzene rings is 8. The van der Waals surface area contributed by atoms with Crippen LogP contribution in [0.15, 0.2) is 200 Å². The van der Waals surface area contributed by atoms with Crippen LogP contribution in [0, 0.1) is 20.8 Å². The van der Waals surface area contributed by atoms with Crippen molar-refractivity contribution in [3.05, 3.63) is 223 Å². The van der Waals surface area contributed by atoms with Crippen LogP contribution in [0.1, 0.15) is 43.0 Å². The molecule has 0 atom stereocenters. The molecule has 1 aliphatic rings. The highest BCUT2D eigenvalue weighted by Gasteiger charge is 2.33. The molecule has 0 amide bonds. The Morgan fingerprint density at radius 3 is 1.71 bits per heavy atom. The minimum atomic E-state index is -0.0592. The van der Waals surface area contributed by atoms with Crippen LogP contribution in [0.2, 0.25) is 0 Å². The average Bonchev–Trinajstić information content (AvgIpc) is 4.04. The summed E-state index contributed by atoms with van der Waals surface area (Å²) in [4.78, 5) is 10.00. The lowest BCUT2D eigenvalue weighted by Gasteiger charge is -2.30. The maximum Gasteiger partial charge on any atom is 0.137 e. The predicted octanol–water partition coefficient (Wildman–Crippen LogP) is 16.7. The standard InChI is InChI=1S/C63H53N5O/c1-41-42(2)58(44-21-10-7-11-22-44)62(59(43(41)3)45-23-12-8-13-24-45)66-40-65(54-31-18-19-32-55(54)66)48-27-20-28-49(38-48)69-50-33-34-52-56(39-50)68(57-37-46(35-36-64-57)63(4,5)6)61-51-29-16-17-30-53(51)67(60(52)61)47-25-14-9-15-26-47/h7-39H,40H2,1-6H3. The molecule has 6 nitrogen and oxygen atoms in total. The number of pyridine rings is 1. The molecule has 0 saturated carbocycles. The highest BCUT2D eigenvalue weighted by molar-refractivity contribution is 6.20. The van der Waals surface area contributed by atoms with Gasteiger partial charge in [-0.25, -0.2) is 4.98 Å². The summed E-state index contributed by atoms with van der Waals surface area (Å²) in [5.41, 5.74) is 20.1. The summed E-state index contributed by atoms with van der Waals surface area (Å²) in [5.74, 6) is 2.38. The van der Waals surface area contributed by atoms with E-state index in [2.05, 4.69) is 255 Å². The lowest BCUT2D eigenvalue weighted by atomic mass is 9.85. The zero-order valence-corrected chi connectivity index (χ0v) is 39.9. The summed E-state index contributed by atoms with van der Waals surface area (Å²) in [7, 11) is 0. The zero-order valence-electron chi connectivity index (χ0n) is 39.9. The van der Waals surface area contributed by atoms with Crippen LogP contribution >= 0.6 is 0 Å². The van der Waals surface area contributed by atoms with Gasteiger partial charge < -0.3 is 19.1 Å². The van der Waals surface area contributed by atoms with E-state index in [0.29, 0.717) is 6.67 Å². The third kappa shape index (κ3) is 6.97. The monoisotopic (exact) mass is 895 g/mol. The molecule has 0 aliphatic carbocycles. The van der Waals surface area contributed by atoms with Crippen molar-refractivity contribution < 1.29 is 4.74 Å². The van der Waals surface area contributed by atoms with E-state index in [1.165, 1.54) is 50.2 Å². The van der Waals surface area contributed by atoms with Gasteiger partial charge in [0.2, 0.25) is 0 Å². The molecule has 0 fully saturated rings. The van der Waals surface area contributed by atoms with Crippen molar-refractivity contribution in [2.75, 3.05) is 16.5 Å². The Kier molecular flexibility index (Phi) is 10.0. The van der Waals surface area contributed by atoms with Gasteiger partial charge in [-0.3, -0.25) is 4.57 Å². The van der Waals surface area contributed by atoms with Gasteiger partial charge in [0.1, 0.15) is 24.0 Å². The Morgan fingerprint density at radius 2 is 1.03 bits per heavy atom. The molecule has 0 spiro atoms. The van der Waals surface area contributed by atoms with Crippen LogP contribution in [0.5, 0.6) is 11.5 Å². The molecule has 0 unspecified atom stereocenters. The Bertz CT molecular complexity index is 3680. The van der Waals surface area contributed by atoms with Crippen LogP contribution < -0.4 is 14.5 Å². The topological polar surface area (TPSA) is 38.5 Å². The minimum Gasteiger partial charge on any atom is -0.457 e. The van der Waals surface area contributed by atoms with E-state index in [1.807, 2.05) is 6.20 Å². The van der Waals surface area contributed by atoms with E-state index in [4.69, 9.17) is 9.72 Å². The van der Waals surface area contributed by atoms with Crippen molar-refractivity contribution in [2.24, 2.45) is 0 Å². The van der Waals surface area contributed by atoms with Gasteiger partial charge >= 0.3 is 0 Å². The van der Waals surface area contributed by atoms with Crippen molar-refractivity contribution >= 4 is 55.6 Å². The SMILES string of the molecule is Cc1c(C)c(-c2ccccc2)c(N2CN(c3cccc(Oc4ccc5c(c4)n(-c4cc(C(C)(C)C)ccn4)c4c6ccccc6n(-c6ccccc6)c54)c3)c3ccccc32)c(-c2ccccc2)c1C. The second kappa shape index (κ2) is 16.5. The minimum absolute atomic E-state index is 0.0592. The lowest BCUT2D eigenvalue weighted by Crippen LogP contribution is -2.25. The molecule has 4 heterocycles. The fourth-order valence-electron chi connectivity index (χ4n) is 10.7. The maximum absolute atomic E-state index is 6.95. The van der Waals surface area contributed by atoms with Gasteiger partial charge in [0.25, 0.3) is 0 Å². The molecule has 0 radical (unpaired) electrons. The molecule has 3 aromatic heterocycles. The van der Waals surface area contributed by atoms with Gasteiger partial charge in [-0.05, 0) is 126 Å².